The molecule has 0 bridgehead atoms. The van der Waals surface area contributed by atoms with Crippen LogP contribution in [0.4, 0.5) is 5.69 Å². The molecule has 0 aliphatic carbocycles. The van der Waals surface area contributed by atoms with Crippen molar-refractivity contribution in [2.24, 2.45) is 0 Å². The molecule has 0 saturated heterocycles. The van der Waals surface area contributed by atoms with Gasteiger partial charge in [-0.15, -0.1) is 0 Å². The Hall–Kier alpha value is -2.49. The highest BCUT2D eigenvalue weighted by Crippen LogP contribution is 2.27. The molecule has 4 nitrogen and oxygen atoms in total. The third-order valence-electron chi connectivity index (χ3n) is 3.08. The van der Waals surface area contributed by atoms with Crippen molar-refractivity contribution in [2.75, 3.05) is 5.32 Å². The van der Waals surface area contributed by atoms with Crippen molar-refractivity contribution in [3.8, 4) is 11.5 Å². The van der Waals surface area contributed by atoms with Gasteiger partial charge < -0.3 is 15.5 Å². The van der Waals surface area contributed by atoms with Gasteiger partial charge in [-0.1, -0.05) is 32.0 Å². The van der Waals surface area contributed by atoms with Gasteiger partial charge in [-0.05, 0) is 35.7 Å². The molecule has 4 heteroatoms. The number of anilines is 1. The number of aromatic hydroxyl groups is 2. The van der Waals surface area contributed by atoms with Crippen LogP contribution in [-0.2, 0) is 0 Å². The third kappa shape index (κ3) is 2.91. The highest BCUT2D eigenvalue weighted by atomic mass is 16.3. The Balaban J connectivity index is 2.19. The number of carbonyl (C=O) groups is 1. The molecule has 3 N–H and O–H groups in total. The molecule has 1 amide bonds. The van der Waals surface area contributed by atoms with Crippen LogP contribution >= 0.6 is 0 Å². The van der Waals surface area contributed by atoms with Gasteiger partial charge in [0.25, 0.3) is 5.91 Å². The van der Waals surface area contributed by atoms with E-state index in [4.69, 9.17) is 0 Å². The minimum absolute atomic E-state index is 0.125. The largest absolute Gasteiger partial charge is 0.507 e. The molecule has 20 heavy (non-hydrogen) atoms. The predicted molar refractivity (Wildman–Crippen MR) is 78.3 cm³/mol. The average molecular weight is 271 g/mol. The molecule has 2 aromatic rings. The van der Waals surface area contributed by atoms with E-state index in [1.165, 1.54) is 23.8 Å². The first-order chi connectivity index (χ1) is 9.49. The van der Waals surface area contributed by atoms with E-state index >= 15 is 0 Å². The van der Waals surface area contributed by atoms with Crippen molar-refractivity contribution >= 4 is 11.6 Å². The predicted octanol–water partition coefficient (Wildman–Crippen LogP) is 3.47. The summed E-state index contributed by atoms with van der Waals surface area (Å²) in [6, 6.07) is 11.6. The summed E-state index contributed by atoms with van der Waals surface area (Å²) in [6.45, 7) is 4.18. The zero-order valence-electron chi connectivity index (χ0n) is 11.4. The van der Waals surface area contributed by atoms with Gasteiger partial charge in [0.2, 0.25) is 0 Å². The molecular weight excluding hydrogens is 254 g/mol. The van der Waals surface area contributed by atoms with Crippen LogP contribution in [0.1, 0.15) is 35.7 Å². The lowest BCUT2D eigenvalue weighted by Gasteiger charge is -2.10. The molecule has 0 aliphatic heterocycles. The number of nitrogens with one attached hydrogen (secondary N) is 1. The maximum absolute atomic E-state index is 12.0. The highest BCUT2D eigenvalue weighted by molar-refractivity contribution is 6.08. The minimum atomic E-state index is -0.544. The summed E-state index contributed by atoms with van der Waals surface area (Å²) in [6.07, 6.45) is 0. The zero-order chi connectivity index (χ0) is 14.7. The normalized spacial score (nSPS) is 10.6. The fraction of sp³-hybridized carbons (Fsp3) is 0.188. The Morgan fingerprint density at radius 1 is 1.00 bits per heavy atom. The number of phenols is 2. The zero-order valence-corrected chi connectivity index (χ0v) is 11.4. The van der Waals surface area contributed by atoms with Crippen LogP contribution in [-0.4, -0.2) is 16.1 Å². The smallest absolute Gasteiger partial charge is 0.263 e. The van der Waals surface area contributed by atoms with E-state index in [0.29, 0.717) is 11.6 Å². The second-order valence-corrected chi connectivity index (χ2v) is 4.90. The standard InChI is InChI=1S/C16H17NO3/c1-10(2)11-6-8-12(9-7-11)17-16(20)15-13(18)4-3-5-14(15)19/h3-10,18-19H,1-2H3,(H,17,20). The Morgan fingerprint density at radius 3 is 2.05 bits per heavy atom. The van der Waals surface area contributed by atoms with Gasteiger partial charge in [-0.3, -0.25) is 4.79 Å². The van der Waals surface area contributed by atoms with Gasteiger partial charge in [0.15, 0.2) is 0 Å². The van der Waals surface area contributed by atoms with Gasteiger partial charge in [0.1, 0.15) is 17.1 Å². The lowest BCUT2D eigenvalue weighted by molar-refractivity contribution is 0.102. The summed E-state index contributed by atoms with van der Waals surface area (Å²) in [4.78, 5) is 12.0. The van der Waals surface area contributed by atoms with E-state index in [-0.39, 0.29) is 17.1 Å². The van der Waals surface area contributed by atoms with E-state index in [1.54, 1.807) is 12.1 Å². The van der Waals surface area contributed by atoms with Crippen LogP contribution in [0.5, 0.6) is 11.5 Å². The summed E-state index contributed by atoms with van der Waals surface area (Å²) < 4.78 is 0. The Labute approximate surface area is 117 Å². The van der Waals surface area contributed by atoms with Crippen LogP contribution < -0.4 is 5.32 Å². The Kier molecular flexibility index (Phi) is 3.94. The second-order valence-electron chi connectivity index (χ2n) is 4.90. The highest BCUT2D eigenvalue weighted by Gasteiger charge is 2.16. The SMILES string of the molecule is CC(C)c1ccc(NC(=O)c2c(O)cccc2O)cc1. The van der Waals surface area contributed by atoms with Crippen molar-refractivity contribution in [2.45, 2.75) is 19.8 Å². The van der Waals surface area contributed by atoms with Gasteiger partial charge >= 0.3 is 0 Å². The molecule has 104 valence electrons. The lowest BCUT2D eigenvalue weighted by Crippen LogP contribution is -2.12. The van der Waals surface area contributed by atoms with E-state index in [9.17, 15) is 15.0 Å². The van der Waals surface area contributed by atoms with Crippen LogP contribution in [0, 0.1) is 0 Å². The van der Waals surface area contributed by atoms with Gasteiger partial charge in [-0.25, -0.2) is 0 Å². The molecular formula is C16H17NO3. The molecule has 0 heterocycles. The van der Waals surface area contributed by atoms with Crippen molar-refractivity contribution in [3.63, 3.8) is 0 Å². The maximum atomic E-state index is 12.0. The summed E-state index contributed by atoms with van der Waals surface area (Å²) in [5, 5.41) is 21.9. The first-order valence-corrected chi connectivity index (χ1v) is 6.41. The van der Waals surface area contributed by atoms with Crippen LogP contribution in [0.3, 0.4) is 0 Å². The number of benzene rings is 2. The monoisotopic (exact) mass is 271 g/mol. The number of hydrogen-bond acceptors (Lipinski definition) is 3. The molecule has 0 aliphatic rings. The summed E-state index contributed by atoms with van der Waals surface area (Å²) in [5.41, 5.74) is 1.66. The van der Waals surface area contributed by atoms with E-state index in [2.05, 4.69) is 19.2 Å². The van der Waals surface area contributed by atoms with Gasteiger partial charge in [-0.2, -0.15) is 0 Å². The average Bonchev–Trinajstić information content (AvgIpc) is 2.39. The summed E-state index contributed by atoms with van der Waals surface area (Å²) >= 11 is 0. The third-order valence-corrected chi connectivity index (χ3v) is 3.08. The molecule has 0 saturated carbocycles. The maximum Gasteiger partial charge on any atom is 0.263 e. The van der Waals surface area contributed by atoms with Gasteiger partial charge in [0, 0.05) is 5.69 Å². The van der Waals surface area contributed by atoms with Crippen molar-refractivity contribution < 1.29 is 15.0 Å². The Morgan fingerprint density at radius 2 is 1.55 bits per heavy atom. The molecule has 2 rings (SSSR count). The first kappa shape index (κ1) is 13.9. The van der Waals surface area contributed by atoms with E-state index in [1.807, 2.05) is 12.1 Å². The molecule has 0 atom stereocenters. The number of carbonyl (C=O) groups excluding carboxylic acids is 1. The number of amides is 1. The molecule has 0 fully saturated rings. The van der Waals surface area contributed by atoms with Crippen LogP contribution in [0.15, 0.2) is 42.5 Å². The number of rotatable bonds is 3. The molecule has 2 aromatic carbocycles. The molecule has 0 radical (unpaired) electrons. The van der Waals surface area contributed by atoms with E-state index < -0.39 is 5.91 Å². The minimum Gasteiger partial charge on any atom is -0.507 e. The molecule has 0 unspecified atom stereocenters. The summed E-state index contributed by atoms with van der Waals surface area (Å²) in [5.74, 6) is -0.623. The fourth-order valence-corrected chi connectivity index (χ4v) is 1.91. The van der Waals surface area contributed by atoms with Crippen molar-refractivity contribution in [1.29, 1.82) is 0 Å². The van der Waals surface area contributed by atoms with Gasteiger partial charge in [0.05, 0.1) is 0 Å². The van der Waals surface area contributed by atoms with Crippen LogP contribution in [0.2, 0.25) is 0 Å². The van der Waals surface area contributed by atoms with Crippen molar-refractivity contribution in [3.05, 3.63) is 53.6 Å². The Bertz CT molecular complexity index is 598. The van der Waals surface area contributed by atoms with E-state index in [0.717, 1.165) is 0 Å². The number of phenolic OH excluding ortho intramolecular Hbond substituents is 2. The number of hydrogen-bond donors (Lipinski definition) is 3. The topological polar surface area (TPSA) is 69.6 Å². The molecule has 0 aromatic heterocycles. The van der Waals surface area contributed by atoms with Crippen molar-refractivity contribution in [1.82, 2.24) is 0 Å². The first-order valence-electron chi connectivity index (χ1n) is 6.41. The fourth-order valence-electron chi connectivity index (χ4n) is 1.91. The molecule has 0 spiro atoms. The quantitative estimate of drug-likeness (QED) is 0.800. The second kappa shape index (κ2) is 5.65. The lowest BCUT2D eigenvalue weighted by atomic mass is 10.0. The summed E-state index contributed by atoms with van der Waals surface area (Å²) in [7, 11) is 0. The van der Waals surface area contributed by atoms with Crippen LogP contribution in [0.25, 0.3) is 0 Å².